The molecule has 0 unspecified atom stereocenters. The Morgan fingerprint density at radius 1 is 1.22 bits per heavy atom. The third kappa shape index (κ3) is 4.24. The molecule has 0 fully saturated rings. The number of aromatic nitrogens is 1. The van der Waals surface area contributed by atoms with Crippen LogP contribution in [-0.2, 0) is 4.79 Å². The van der Waals surface area contributed by atoms with E-state index in [1.165, 1.54) is 11.3 Å². The Hall–Kier alpha value is -2.05. The molecule has 0 aliphatic rings. The number of hydrogen-bond acceptors (Lipinski definition) is 5. The summed E-state index contributed by atoms with van der Waals surface area (Å²) in [5.41, 5.74) is 0.917. The van der Waals surface area contributed by atoms with Crippen LogP contribution in [0.2, 0.25) is 0 Å². The molecule has 23 heavy (non-hydrogen) atoms. The van der Waals surface area contributed by atoms with E-state index in [1.807, 2.05) is 48.5 Å². The summed E-state index contributed by atoms with van der Waals surface area (Å²) in [7, 11) is 1.65. The summed E-state index contributed by atoms with van der Waals surface area (Å²) in [6.07, 6.45) is 0.451. The van der Waals surface area contributed by atoms with Crippen molar-refractivity contribution >= 4 is 44.4 Å². The molecular formula is C17H16N2O2S2. The summed E-state index contributed by atoms with van der Waals surface area (Å²) in [6.45, 7) is 0. The molecule has 3 rings (SSSR count). The molecule has 0 saturated carbocycles. The zero-order valence-corrected chi connectivity index (χ0v) is 14.2. The average Bonchev–Trinajstić information content (AvgIpc) is 2.97. The quantitative estimate of drug-likeness (QED) is 0.672. The first-order valence-electron chi connectivity index (χ1n) is 7.17. The fourth-order valence-electron chi connectivity index (χ4n) is 2.04. The first kappa shape index (κ1) is 15.8. The van der Waals surface area contributed by atoms with E-state index in [4.69, 9.17) is 4.74 Å². The molecule has 2 aromatic carbocycles. The van der Waals surface area contributed by atoms with Gasteiger partial charge < -0.3 is 10.1 Å². The van der Waals surface area contributed by atoms with Crippen LogP contribution >= 0.6 is 23.1 Å². The number of para-hydroxylation sites is 1. The van der Waals surface area contributed by atoms with Crippen molar-refractivity contribution in [1.82, 2.24) is 4.98 Å². The molecule has 3 aromatic rings. The van der Waals surface area contributed by atoms with Crippen LogP contribution in [0.1, 0.15) is 6.42 Å². The summed E-state index contributed by atoms with van der Waals surface area (Å²) < 4.78 is 6.20. The van der Waals surface area contributed by atoms with Gasteiger partial charge in [-0.25, -0.2) is 4.98 Å². The van der Waals surface area contributed by atoms with E-state index in [9.17, 15) is 4.79 Å². The van der Waals surface area contributed by atoms with Gasteiger partial charge in [-0.15, -0.1) is 11.8 Å². The van der Waals surface area contributed by atoms with Crippen LogP contribution in [0.25, 0.3) is 10.2 Å². The number of nitrogens with zero attached hydrogens (tertiary/aromatic N) is 1. The summed E-state index contributed by atoms with van der Waals surface area (Å²) in [5.74, 6) is 1.55. The van der Waals surface area contributed by atoms with Gasteiger partial charge in [0.2, 0.25) is 5.91 Å². The van der Waals surface area contributed by atoms with E-state index < -0.39 is 0 Å². The zero-order chi connectivity index (χ0) is 16.1. The zero-order valence-electron chi connectivity index (χ0n) is 12.6. The summed E-state index contributed by atoms with van der Waals surface area (Å²) in [5, 5.41) is 3.53. The summed E-state index contributed by atoms with van der Waals surface area (Å²) in [4.78, 5) is 17.5. The second kappa shape index (κ2) is 7.48. The van der Waals surface area contributed by atoms with Gasteiger partial charge in [-0.3, -0.25) is 4.79 Å². The maximum absolute atomic E-state index is 12.0. The van der Waals surface area contributed by atoms with E-state index in [0.29, 0.717) is 11.6 Å². The molecule has 4 nitrogen and oxygen atoms in total. The number of ether oxygens (including phenoxy) is 1. The second-order valence-corrected chi connectivity index (χ2v) is 7.01. The Kier molecular flexibility index (Phi) is 5.15. The van der Waals surface area contributed by atoms with Gasteiger partial charge in [0.05, 0.1) is 17.3 Å². The predicted octanol–water partition coefficient (Wildman–Crippen LogP) is 4.43. The van der Waals surface area contributed by atoms with Crippen molar-refractivity contribution in [1.29, 1.82) is 0 Å². The minimum absolute atomic E-state index is 0.00920. The van der Waals surface area contributed by atoms with Crippen molar-refractivity contribution in [2.24, 2.45) is 0 Å². The van der Waals surface area contributed by atoms with Gasteiger partial charge in [0.1, 0.15) is 5.75 Å². The maximum Gasteiger partial charge on any atom is 0.226 e. The number of carbonyl (C=O) groups is 1. The summed E-state index contributed by atoms with van der Waals surface area (Å²) in [6, 6.07) is 15.7. The number of carbonyl (C=O) groups excluding carboxylic acids is 1. The number of thioether (sulfide) groups is 1. The number of benzene rings is 2. The Morgan fingerprint density at radius 2 is 2.00 bits per heavy atom. The number of thiazole rings is 1. The lowest BCUT2D eigenvalue weighted by Crippen LogP contribution is -2.11. The van der Waals surface area contributed by atoms with Gasteiger partial charge in [-0.1, -0.05) is 23.5 Å². The molecule has 1 heterocycles. The highest BCUT2D eigenvalue weighted by molar-refractivity contribution is 7.99. The molecule has 0 atom stereocenters. The number of nitrogens with one attached hydrogen (secondary N) is 1. The van der Waals surface area contributed by atoms with Crippen molar-refractivity contribution in [3.63, 3.8) is 0 Å². The Balaban J connectivity index is 1.49. The lowest BCUT2D eigenvalue weighted by atomic mass is 10.3. The molecule has 0 saturated heterocycles. The number of rotatable bonds is 6. The molecule has 0 aliphatic carbocycles. The van der Waals surface area contributed by atoms with Crippen LogP contribution in [0.5, 0.6) is 5.75 Å². The molecule has 0 spiro atoms. The number of amides is 1. The first-order chi connectivity index (χ1) is 11.2. The van der Waals surface area contributed by atoms with Gasteiger partial charge in [-0.2, -0.15) is 0 Å². The number of anilines is 1. The van der Waals surface area contributed by atoms with Crippen molar-refractivity contribution in [2.75, 3.05) is 18.2 Å². The SMILES string of the molecule is COc1ccc(SCCC(=O)Nc2nc3ccccc3s2)cc1. The fraction of sp³-hybridized carbons (Fsp3) is 0.176. The van der Waals surface area contributed by atoms with Gasteiger partial charge >= 0.3 is 0 Å². The van der Waals surface area contributed by atoms with Crippen LogP contribution in [0.4, 0.5) is 5.13 Å². The minimum Gasteiger partial charge on any atom is -0.497 e. The van der Waals surface area contributed by atoms with E-state index in [2.05, 4.69) is 10.3 Å². The van der Waals surface area contributed by atoms with Crippen LogP contribution in [0.3, 0.4) is 0 Å². The maximum atomic E-state index is 12.0. The molecule has 1 N–H and O–H groups in total. The largest absolute Gasteiger partial charge is 0.497 e. The molecule has 1 amide bonds. The smallest absolute Gasteiger partial charge is 0.226 e. The van der Waals surface area contributed by atoms with Crippen LogP contribution < -0.4 is 10.1 Å². The summed E-state index contributed by atoms with van der Waals surface area (Å²) >= 11 is 3.15. The Bertz CT molecular complexity index is 767. The molecule has 0 aliphatic heterocycles. The highest BCUT2D eigenvalue weighted by atomic mass is 32.2. The predicted molar refractivity (Wildman–Crippen MR) is 96.6 cm³/mol. The standard InChI is InChI=1S/C17H16N2O2S2/c1-21-12-6-8-13(9-7-12)22-11-10-16(20)19-17-18-14-4-2-3-5-15(14)23-17/h2-9H,10-11H2,1H3,(H,18,19,20). The first-order valence-corrected chi connectivity index (χ1v) is 8.97. The Labute approximate surface area is 142 Å². The minimum atomic E-state index is -0.00920. The molecule has 0 bridgehead atoms. The third-order valence-corrected chi connectivity index (χ3v) is 5.16. The van der Waals surface area contributed by atoms with Crippen LogP contribution in [0.15, 0.2) is 53.4 Å². The average molecular weight is 344 g/mol. The normalized spacial score (nSPS) is 10.7. The number of methoxy groups -OCH3 is 1. The third-order valence-electron chi connectivity index (χ3n) is 3.20. The van der Waals surface area contributed by atoms with E-state index in [1.54, 1.807) is 18.9 Å². The van der Waals surface area contributed by atoms with Crippen LogP contribution in [0, 0.1) is 0 Å². The van der Waals surface area contributed by atoms with E-state index in [0.717, 1.165) is 26.6 Å². The van der Waals surface area contributed by atoms with Crippen LogP contribution in [-0.4, -0.2) is 23.8 Å². The monoisotopic (exact) mass is 344 g/mol. The van der Waals surface area contributed by atoms with E-state index >= 15 is 0 Å². The van der Waals surface area contributed by atoms with Crippen molar-refractivity contribution in [3.05, 3.63) is 48.5 Å². The topological polar surface area (TPSA) is 51.2 Å². The van der Waals surface area contributed by atoms with Gasteiger partial charge in [0.25, 0.3) is 0 Å². The van der Waals surface area contributed by atoms with E-state index in [-0.39, 0.29) is 5.91 Å². The van der Waals surface area contributed by atoms with Crippen molar-refractivity contribution < 1.29 is 9.53 Å². The molecule has 118 valence electrons. The highest BCUT2D eigenvalue weighted by Gasteiger charge is 2.07. The van der Waals surface area contributed by atoms with Crippen molar-refractivity contribution in [3.8, 4) is 5.75 Å². The van der Waals surface area contributed by atoms with Gasteiger partial charge in [0, 0.05) is 17.1 Å². The molecule has 6 heteroatoms. The lowest BCUT2D eigenvalue weighted by molar-refractivity contribution is -0.115. The number of fused-ring (bicyclic) bond motifs is 1. The highest BCUT2D eigenvalue weighted by Crippen LogP contribution is 2.26. The molecule has 1 aromatic heterocycles. The fourth-order valence-corrected chi connectivity index (χ4v) is 3.77. The lowest BCUT2D eigenvalue weighted by Gasteiger charge is -2.03. The number of hydrogen-bond donors (Lipinski definition) is 1. The molecule has 0 radical (unpaired) electrons. The second-order valence-electron chi connectivity index (χ2n) is 4.81. The molecular weight excluding hydrogens is 328 g/mol. The van der Waals surface area contributed by atoms with Gasteiger partial charge in [0.15, 0.2) is 5.13 Å². The van der Waals surface area contributed by atoms with Gasteiger partial charge in [-0.05, 0) is 36.4 Å². The van der Waals surface area contributed by atoms with Crippen molar-refractivity contribution in [2.45, 2.75) is 11.3 Å². The Morgan fingerprint density at radius 3 is 2.74 bits per heavy atom.